The molecule has 1 atom stereocenters. The third-order valence-corrected chi connectivity index (χ3v) is 4.44. The highest BCUT2D eigenvalue weighted by Crippen LogP contribution is 2.35. The van der Waals surface area contributed by atoms with E-state index in [0.717, 1.165) is 4.68 Å². The predicted octanol–water partition coefficient (Wildman–Crippen LogP) is 1.60. The summed E-state index contributed by atoms with van der Waals surface area (Å²) in [5.74, 6) is -1.38. The summed E-state index contributed by atoms with van der Waals surface area (Å²) in [7, 11) is 1.17. The monoisotopic (exact) mass is 437 g/mol. The number of imidazole rings is 1. The highest BCUT2D eigenvalue weighted by Gasteiger charge is 2.38. The van der Waals surface area contributed by atoms with Gasteiger partial charge in [0.15, 0.2) is 5.69 Å². The van der Waals surface area contributed by atoms with Crippen molar-refractivity contribution in [2.24, 2.45) is 0 Å². The number of aromatic amines is 1. The minimum atomic E-state index is -4.65. The van der Waals surface area contributed by atoms with Crippen molar-refractivity contribution in [3.63, 3.8) is 0 Å². The van der Waals surface area contributed by atoms with Gasteiger partial charge in [0.05, 0.1) is 23.6 Å². The molecule has 0 aliphatic heterocycles. The molecular formula is C14H15BrF3N5O3. The molecule has 12 heteroatoms. The van der Waals surface area contributed by atoms with Gasteiger partial charge in [0.25, 0.3) is 0 Å². The predicted molar refractivity (Wildman–Crippen MR) is 85.9 cm³/mol. The number of amides is 1. The van der Waals surface area contributed by atoms with Crippen molar-refractivity contribution in [2.45, 2.75) is 32.1 Å². The molecule has 0 radical (unpaired) electrons. The summed E-state index contributed by atoms with van der Waals surface area (Å²) in [6.07, 6.45) is -1.67. The molecule has 1 amide bonds. The lowest BCUT2D eigenvalue weighted by Crippen LogP contribution is -2.44. The van der Waals surface area contributed by atoms with Gasteiger partial charge in [-0.1, -0.05) is 0 Å². The molecule has 2 rings (SSSR count). The van der Waals surface area contributed by atoms with E-state index in [1.54, 1.807) is 0 Å². The average Bonchev–Trinajstić information content (AvgIpc) is 3.16. The number of carbonyl (C=O) groups excluding carboxylic acids is 2. The van der Waals surface area contributed by atoms with Crippen LogP contribution in [0.5, 0.6) is 0 Å². The van der Waals surface area contributed by atoms with Crippen LogP contribution in [0.2, 0.25) is 0 Å². The van der Waals surface area contributed by atoms with Gasteiger partial charge in [0.1, 0.15) is 12.6 Å². The van der Waals surface area contributed by atoms with E-state index >= 15 is 0 Å². The SMILES string of the molecule is COC(=O)[C@H](Cc1cnc[nH]1)NC(=O)Cn1nc(C(F)(F)F)c(Br)c1C. The summed E-state index contributed by atoms with van der Waals surface area (Å²) >= 11 is 2.83. The maximum Gasteiger partial charge on any atom is 0.436 e. The number of esters is 1. The van der Waals surface area contributed by atoms with Gasteiger partial charge in [0.2, 0.25) is 5.91 Å². The van der Waals surface area contributed by atoms with Gasteiger partial charge in [-0.15, -0.1) is 0 Å². The van der Waals surface area contributed by atoms with E-state index in [1.165, 1.54) is 26.6 Å². The molecule has 8 nitrogen and oxygen atoms in total. The lowest BCUT2D eigenvalue weighted by molar-refractivity contribution is -0.145. The lowest BCUT2D eigenvalue weighted by Gasteiger charge is -2.16. The van der Waals surface area contributed by atoms with E-state index in [-0.39, 0.29) is 16.6 Å². The standard InChI is InChI=1S/C14H15BrF3N5O3/c1-7-11(15)12(14(16,17)18)22-23(7)5-10(24)21-9(13(25)26-2)3-8-4-19-6-20-8/h4,6,9H,3,5H2,1-2H3,(H,19,20)(H,21,24)/t9-/m0/s1. The molecule has 2 N–H and O–H groups in total. The van der Waals surface area contributed by atoms with Crippen LogP contribution in [0.4, 0.5) is 13.2 Å². The summed E-state index contributed by atoms with van der Waals surface area (Å²) in [5, 5.41) is 5.85. The first kappa shape index (κ1) is 19.9. The molecule has 2 heterocycles. The quantitative estimate of drug-likeness (QED) is 0.668. The van der Waals surface area contributed by atoms with Crippen LogP contribution >= 0.6 is 15.9 Å². The Morgan fingerprint density at radius 2 is 2.15 bits per heavy atom. The Kier molecular flexibility index (Phi) is 6.05. The van der Waals surface area contributed by atoms with E-state index in [4.69, 9.17) is 0 Å². The van der Waals surface area contributed by atoms with Gasteiger partial charge in [-0.3, -0.25) is 9.48 Å². The highest BCUT2D eigenvalue weighted by atomic mass is 79.9. The first-order valence-electron chi connectivity index (χ1n) is 7.28. The Labute approximate surface area is 154 Å². The minimum Gasteiger partial charge on any atom is -0.467 e. The number of halogens is 4. The Morgan fingerprint density at radius 1 is 1.46 bits per heavy atom. The summed E-state index contributed by atoms with van der Waals surface area (Å²) in [5.41, 5.74) is -0.404. The van der Waals surface area contributed by atoms with E-state index in [9.17, 15) is 22.8 Å². The second-order valence-corrected chi connectivity index (χ2v) is 6.12. The van der Waals surface area contributed by atoms with Crippen LogP contribution in [0, 0.1) is 6.92 Å². The summed E-state index contributed by atoms with van der Waals surface area (Å²) in [6, 6.07) is -1.02. The molecule has 2 aromatic rings. The topological polar surface area (TPSA) is 102 Å². The molecule has 0 saturated heterocycles. The Hall–Kier alpha value is -2.37. The number of nitrogens with one attached hydrogen (secondary N) is 2. The van der Waals surface area contributed by atoms with Gasteiger partial charge in [-0.25, -0.2) is 9.78 Å². The molecule has 0 saturated carbocycles. The van der Waals surface area contributed by atoms with Crippen LogP contribution in [0.3, 0.4) is 0 Å². The van der Waals surface area contributed by atoms with Crippen molar-refractivity contribution in [1.82, 2.24) is 25.1 Å². The number of ether oxygens (including phenoxy) is 1. The van der Waals surface area contributed by atoms with Gasteiger partial charge >= 0.3 is 12.1 Å². The van der Waals surface area contributed by atoms with Crippen LogP contribution in [-0.4, -0.2) is 44.8 Å². The number of methoxy groups -OCH3 is 1. The summed E-state index contributed by atoms with van der Waals surface area (Å²) in [6.45, 7) is 0.902. The maximum atomic E-state index is 12.9. The number of aromatic nitrogens is 4. The van der Waals surface area contributed by atoms with Gasteiger partial charge in [-0.2, -0.15) is 18.3 Å². The zero-order valence-electron chi connectivity index (χ0n) is 13.7. The molecule has 0 aromatic carbocycles. The minimum absolute atomic E-state index is 0.0913. The second kappa shape index (κ2) is 7.89. The van der Waals surface area contributed by atoms with Gasteiger partial charge in [0, 0.05) is 18.3 Å². The van der Waals surface area contributed by atoms with E-state index in [1.807, 2.05) is 0 Å². The maximum absolute atomic E-state index is 12.9. The molecule has 0 fully saturated rings. The van der Waals surface area contributed by atoms with Gasteiger partial charge < -0.3 is 15.0 Å². The van der Waals surface area contributed by atoms with Crippen LogP contribution in [-0.2, 0) is 33.5 Å². The van der Waals surface area contributed by atoms with E-state index in [2.05, 4.69) is 41.1 Å². The number of hydrogen-bond acceptors (Lipinski definition) is 5. The number of carbonyl (C=O) groups is 2. The van der Waals surface area contributed by atoms with Crippen molar-refractivity contribution in [1.29, 1.82) is 0 Å². The van der Waals surface area contributed by atoms with E-state index in [0.29, 0.717) is 5.69 Å². The molecule has 0 unspecified atom stereocenters. The summed E-state index contributed by atoms with van der Waals surface area (Å²) < 4.78 is 43.9. The highest BCUT2D eigenvalue weighted by molar-refractivity contribution is 9.10. The molecule has 0 aliphatic rings. The molecular weight excluding hydrogens is 423 g/mol. The van der Waals surface area contributed by atoms with Crippen molar-refractivity contribution < 1.29 is 27.5 Å². The fourth-order valence-electron chi connectivity index (χ4n) is 2.19. The van der Waals surface area contributed by atoms with Crippen LogP contribution in [0.15, 0.2) is 17.0 Å². The van der Waals surface area contributed by atoms with Crippen molar-refractivity contribution in [3.05, 3.63) is 34.1 Å². The number of hydrogen-bond donors (Lipinski definition) is 2. The third-order valence-electron chi connectivity index (χ3n) is 3.50. The van der Waals surface area contributed by atoms with Crippen molar-refractivity contribution in [2.75, 3.05) is 7.11 Å². The molecule has 0 bridgehead atoms. The largest absolute Gasteiger partial charge is 0.467 e. The zero-order valence-corrected chi connectivity index (χ0v) is 15.3. The number of rotatable bonds is 6. The van der Waals surface area contributed by atoms with Crippen molar-refractivity contribution in [3.8, 4) is 0 Å². The van der Waals surface area contributed by atoms with Crippen LogP contribution in [0.25, 0.3) is 0 Å². The average molecular weight is 438 g/mol. The molecule has 0 aliphatic carbocycles. The lowest BCUT2D eigenvalue weighted by atomic mass is 10.1. The first-order valence-corrected chi connectivity index (χ1v) is 8.07. The fraction of sp³-hybridized carbons (Fsp3) is 0.429. The molecule has 0 spiro atoms. The Balaban J connectivity index is 2.12. The van der Waals surface area contributed by atoms with Crippen molar-refractivity contribution >= 4 is 27.8 Å². The number of H-pyrrole nitrogens is 1. The van der Waals surface area contributed by atoms with Gasteiger partial charge in [-0.05, 0) is 22.9 Å². The first-order chi connectivity index (χ1) is 12.1. The Bertz CT molecular complexity index is 789. The van der Waals surface area contributed by atoms with Crippen LogP contribution in [0.1, 0.15) is 17.1 Å². The smallest absolute Gasteiger partial charge is 0.436 e. The van der Waals surface area contributed by atoms with E-state index < -0.39 is 36.3 Å². The fourth-order valence-corrected chi connectivity index (χ4v) is 2.70. The molecule has 2 aromatic heterocycles. The number of nitrogens with zero attached hydrogens (tertiary/aromatic N) is 3. The molecule has 26 heavy (non-hydrogen) atoms. The summed E-state index contributed by atoms with van der Waals surface area (Å²) in [4.78, 5) is 30.6. The van der Waals surface area contributed by atoms with Crippen LogP contribution < -0.4 is 5.32 Å². The normalized spacial score (nSPS) is 12.7. The molecule has 142 valence electrons. The number of alkyl halides is 3. The Morgan fingerprint density at radius 3 is 2.65 bits per heavy atom. The second-order valence-electron chi connectivity index (χ2n) is 5.33. The zero-order chi connectivity index (χ0) is 19.5. The third kappa shape index (κ3) is 4.62.